The Morgan fingerprint density at radius 1 is 1.35 bits per heavy atom. The van der Waals surface area contributed by atoms with Crippen molar-refractivity contribution in [2.24, 2.45) is 7.05 Å². The normalized spacial score (nSPS) is 12.2. The van der Waals surface area contributed by atoms with Crippen LogP contribution < -0.4 is 14.8 Å². The Morgan fingerprint density at radius 3 is 2.83 bits per heavy atom. The maximum atomic E-state index is 10.0. The van der Waals surface area contributed by atoms with Crippen molar-refractivity contribution in [1.29, 1.82) is 0 Å². The number of hydrogen-bond acceptors (Lipinski definition) is 5. The molecular weight excluding hydrogens is 294 g/mol. The summed E-state index contributed by atoms with van der Waals surface area (Å²) in [5.74, 6) is 1.51. The van der Waals surface area contributed by atoms with E-state index in [1.807, 2.05) is 45.2 Å². The van der Waals surface area contributed by atoms with Crippen LogP contribution in [0.4, 0.5) is 0 Å². The highest BCUT2D eigenvalue weighted by Gasteiger charge is 2.14. The smallest absolute Gasteiger partial charge is 0.216 e. The van der Waals surface area contributed by atoms with Gasteiger partial charge in [0.1, 0.15) is 18.5 Å². The Hall–Kier alpha value is -2.05. The molecule has 1 atom stereocenters. The van der Waals surface area contributed by atoms with Crippen LogP contribution in [0.5, 0.6) is 11.6 Å². The van der Waals surface area contributed by atoms with E-state index in [2.05, 4.69) is 10.4 Å². The molecule has 1 aromatic heterocycles. The lowest BCUT2D eigenvalue weighted by Gasteiger charge is -2.14. The van der Waals surface area contributed by atoms with Gasteiger partial charge in [-0.2, -0.15) is 5.10 Å². The highest BCUT2D eigenvalue weighted by Crippen LogP contribution is 2.20. The first kappa shape index (κ1) is 17.3. The average Bonchev–Trinajstić information content (AvgIpc) is 2.79. The van der Waals surface area contributed by atoms with Crippen molar-refractivity contribution in [3.05, 3.63) is 41.1 Å². The van der Waals surface area contributed by atoms with Gasteiger partial charge in [-0.25, -0.2) is 4.68 Å². The van der Waals surface area contributed by atoms with Crippen molar-refractivity contribution >= 4 is 0 Å². The minimum absolute atomic E-state index is 0.250. The molecule has 0 radical (unpaired) electrons. The zero-order valence-corrected chi connectivity index (χ0v) is 14.2. The summed E-state index contributed by atoms with van der Waals surface area (Å²) < 4.78 is 12.6. The van der Waals surface area contributed by atoms with Crippen LogP contribution in [0, 0.1) is 13.8 Å². The number of aliphatic hydroxyl groups excluding tert-OH is 1. The van der Waals surface area contributed by atoms with Crippen molar-refractivity contribution in [1.82, 2.24) is 15.1 Å². The Balaban J connectivity index is 1.78. The third-order valence-corrected chi connectivity index (χ3v) is 3.60. The van der Waals surface area contributed by atoms with Crippen molar-refractivity contribution in [2.75, 3.05) is 20.3 Å². The molecule has 2 rings (SSSR count). The number of nitrogens with zero attached hydrogens (tertiary/aromatic N) is 2. The number of hydrogen-bond donors (Lipinski definition) is 2. The minimum atomic E-state index is -0.585. The molecule has 0 fully saturated rings. The first-order valence-corrected chi connectivity index (χ1v) is 7.66. The van der Waals surface area contributed by atoms with Crippen molar-refractivity contribution < 1.29 is 14.6 Å². The number of aromatic nitrogens is 2. The van der Waals surface area contributed by atoms with Crippen molar-refractivity contribution in [2.45, 2.75) is 26.5 Å². The summed E-state index contributed by atoms with van der Waals surface area (Å²) in [4.78, 5) is 0. The van der Waals surface area contributed by atoms with Gasteiger partial charge in [-0.15, -0.1) is 0 Å². The fraction of sp³-hybridized carbons (Fsp3) is 0.471. The third-order valence-electron chi connectivity index (χ3n) is 3.60. The second kappa shape index (κ2) is 7.99. The number of benzene rings is 1. The molecule has 126 valence electrons. The van der Waals surface area contributed by atoms with E-state index in [1.165, 1.54) is 0 Å². The van der Waals surface area contributed by atoms with Crippen LogP contribution in [0.1, 0.15) is 16.8 Å². The largest absolute Gasteiger partial charge is 0.491 e. The van der Waals surface area contributed by atoms with Gasteiger partial charge in [0.15, 0.2) is 0 Å². The van der Waals surface area contributed by atoms with Gasteiger partial charge >= 0.3 is 0 Å². The van der Waals surface area contributed by atoms with Gasteiger partial charge in [-0.3, -0.25) is 0 Å². The van der Waals surface area contributed by atoms with Gasteiger partial charge in [-0.05, 0) is 31.5 Å². The summed E-state index contributed by atoms with van der Waals surface area (Å²) in [5, 5.41) is 17.6. The standard InChI is InChI=1S/C17H25N3O3/c1-12-6-5-7-15(8-12)23-11-14(21)9-18-10-16-13(2)19-20(3)17(16)22-4/h5-8,14,18,21H,9-11H2,1-4H3. The molecule has 0 spiro atoms. The Kier molecular flexibility index (Phi) is 6.01. The molecule has 0 saturated carbocycles. The van der Waals surface area contributed by atoms with Crippen LogP contribution in [0.25, 0.3) is 0 Å². The molecule has 2 N–H and O–H groups in total. The van der Waals surface area contributed by atoms with Gasteiger partial charge < -0.3 is 19.9 Å². The molecule has 6 nitrogen and oxygen atoms in total. The Bertz CT molecular complexity index is 640. The predicted octanol–water partition coefficient (Wildman–Crippen LogP) is 1.58. The average molecular weight is 319 g/mol. The summed E-state index contributed by atoms with van der Waals surface area (Å²) in [6.07, 6.45) is -0.585. The number of aliphatic hydroxyl groups is 1. The van der Waals surface area contributed by atoms with Crippen LogP contribution in [0.2, 0.25) is 0 Å². The fourth-order valence-corrected chi connectivity index (χ4v) is 2.46. The number of aryl methyl sites for hydroxylation is 3. The lowest BCUT2D eigenvalue weighted by molar-refractivity contribution is 0.106. The van der Waals surface area contributed by atoms with E-state index in [0.29, 0.717) is 13.1 Å². The third kappa shape index (κ3) is 4.71. The first-order chi connectivity index (χ1) is 11.0. The number of methoxy groups -OCH3 is 1. The molecule has 1 heterocycles. The van der Waals surface area contributed by atoms with E-state index in [9.17, 15) is 5.11 Å². The molecule has 0 amide bonds. The molecule has 1 aromatic carbocycles. The molecule has 0 aliphatic heterocycles. The summed E-state index contributed by atoms with van der Waals surface area (Å²) >= 11 is 0. The van der Waals surface area contributed by atoms with E-state index in [0.717, 1.165) is 28.5 Å². The van der Waals surface area contributed by atoms with E-state index >= 15 is 0 Å². The van der Waals surface area contributed by atoms with Gasteiger partial charge in [0.2, 0.25) is 5.88 Å². The van der Waals surface area contributed by atoms with E-state index < -0.39 is 6.10 Å². The quantitative estimate of drug-likeness (QED) is 0.773. The van der Waals surface area contributed by atoms with E-state index in [1.54, 1.807) is 11.8 Å². The Morgan fingerprint density at radius 2 is 2.13 bits per heavy atom. The van der Waals surface area contributed by atoms with E-state index in [4.69, 9.17) is 9.47 Å². The second-order valence-corrected chi connectivity index (χ2v) is 5.61. The summed E-state index contributed by atoms with van der Waals surface area (Å²) in [6.45, 7) is 5.22. The SMILES string of the molecule is COc1c(CNCC(O)COc2cccc(C)c2)c(C)nn1C. The highest BCUT2D eigenvalue weighted by atomic mass is 16.5. The molecule has 6 heteroatoms. The van der Waals surface area contributed by atoms with Crippen LogP contribution in [0.3, 0.4) is 0 Å². The number of ether oxygens (including phenoxy) is 2. The number of nitrogens with one attached hydrogen (secondary N) is 1. The number of rotatable bonds is 8. The topological polar surface area (TPSA) is 68.5 Å². The zero-order chi connectivity index (χ0) is 16.8. The molecule has 0 aliphatic rings. The van der Waals surface area contributed by atoms with Gasteiger partial charge in [0.25, 0.3) is 0 Å². The van der Waals surface area contributed by atoms with Crippen LogP contribution in [-0.4, -0.2) is 41.3 Å². The van der Waals surface area contributed by atoms with Crippen LogP contribution in [0.15, 0.2) is 24.3 Å². The molecule has 0 aliphatic carbocycles. The predicted molar refractivity (Wildman–Crippen MR) is 88.9 cm³/mol. The van der Waals surface area contributed by atoms with Gasteiger partial charge in [0, 0.05) is 20.1 Å². The summed E-state index contributed by atoms with van der Waals surface area (Å²) in [5.41, 5.74) is 3.05. The fourth-order valence-electron chi connectivity index (χ4n) is 2.46. The van der Waals surface area contributed by atoms with Gasteiger partial charge in [0.05, 0.1) is 18.4 Å². The maximum Gasteiger partial charge on any atom is 0.216 e. The lowest BCUT2D eigenvalue weighted by atomic mass is 10.2. The molecule has 1 unspecified atom stereocenters. The summed E-state index contributed by atoms with van der Waals surface area (Å²) in [7, 11) is 3.48. The summed E-state index contributed by atoms with van der Waals surface area (Å²) in [6, 6.07) is 7.78. The lowest BCUT2D eigenvalue weighted by Crippen LogP contribution is -2.31. The second-order valence-electron chi connectivity index (χ2n) is 5.61. The molecule has 0 bridgehead atoms. The van der Waals surface area contributed by atoms with Crippen LogP contribution >= 0.6 is 0 Å². The van der Waals surface area contributed by atoms with Crippen LogP contribution in [-0.2, 0) is 13.6 Å². The van der Waals surface area contributed by atoms with E-state index in [-0.39, 0.29) is 6.61 Å². The molecule has 23 heavy (non-hydrogen) atoms. The maximum absolute atomic E-state index is 10.0. The van der Waals surface area contributed by atoms with Gasteiger partial charge in [-0.1, -0.05) is 12.1 Å². The molecule has 0 saturated heterocycles. The molecule has 2 aromatic rings. The first-order valence-electron chi connectivity index (χ1n) is 7.66. The van der Waals surface area contributed by atoms with Crippen molar-refractivity contribution in [3.63, 3.8) is 0 Å². The van der Waals surface area contributed by atoms with Crippen molar-refractivity contribution in [3.8, 4) is 11.6 Å². The Labute approximate surface area is 137 Å². The monoisotopic (exact) mass is 319 g/mol. The minimum Gasteiger partial charge on any atom is -0.491 e. The highest BCUT2D eigenvalue weighted by molar-refractivity contribution is 5.30. The zero-order valence-electron chi connectivity index (χ0n) is 14.2. The molecular formula is C17H25N3O3.